The highest BCUT2D eigenvalue weighted by molar-refractivity contribution is 5.93. The Balaban J connectivity index is 1.93. The van der Waals surface area contributed by atoms with Crippen LogP contribution in [0.2, 0.25) is 0 Å². The normalized spacial score (nSPS) is 9.95. The van der Waals surface area contributed by atoms with Gasteiger partial charge in [0.05, 0.1) is 0 Å². The number of carbonyl (C=O) groups is 2. The van der Waals surface area contributed by atoms with E-state index in [1.165, 1.54) is 6.92 Å². The minimum Gasteiger partial charge on any atom is -0.381 e. The lowest BCUT2D eigenvalue weighted by Crippen LogP contribution is -2.10. The molecule has 0 aliphatic heterocycles. The van der Waals surface area contributed by atoms with Gasteiger partial charge in [-0.15, -0.1) is 0 Å². The first-order valence-corrected chi connectivity index (χ1v) is 6.55. The van der Waals surface area contributed by atoms with Crippen molar-refractivity contribution >= 4 is 23.2 Å². The van der Waals surface area contributed by atoms with Gasteiger partial charge < -0.3 is 16.4 Å². The predicted octanol–water partition coefficient (Wildman–Crippen LogP) is 2.36. The summed E-state index contributed by atoms with van der Waals surface area (Å²) >= 11 is 0. The molecule has 2 amide bonds. The van der Waals surface area contributed by atoms with Gasteiger partial charge in [0.1, 0.15) is 0 Å². The number of nitrogens with two attached hydrogens (primary N) is 1. The van der Waals surface area contributed by atoms with Crippen LogP contribution in [-0.4, -0.2) is 11.8 Å². The van der Waals surface area contributed by atoms with Gasteiger partial charge in [0.25, 0.3) is 0 Å². The minimum atomic E-state index is -0.435. The molecule has 0 aliphatic rings. The molecule has 2 rings (SSSR count). The third-order valence-corrected chi connectivity index (χ3v) is 2.94. The molecule has 0 bridgehead atoms. The number of carbonyl (C=O) groups excluding carboxylic acids is 2. The monoisotopic (exact) mass is 283 g/mol. The maximum Gasteiger partial charge on any atom is 0.248 e. The van der Waals surface area contributed by atoms with E-state index in [0.29, 0.717) is 12.1 Å². The van der Waals surface area contributed by atoms with Gasteiger partial charge in [-0.05, 0) is 42.0 Å². The number of rotatable bonds is 5. The largest absolute Gasteiger partial charge is 0.381 e. The Hall–Kier alpha value is -2.82. The SMILES string of the molecule is CC(=O)Nc1ccc(CNc2ccc(C(N)=O)cc2)cc1. The summed E-state index contributed by atoms with van der Waals surface area (Å²) in [4.78, 5) is 21.9. The fourth-order valence-electron chi connectivity index (χ4n) is 1.87. The number of primary amides is 1. The molecule has 0 aliphatic carbocycles. The average molecular weight is 283 g/mol. The van der Waals surface area contributed by atoms with Crippen LogP contribution in [0, 0.1) is 0 Å². The Kier molecular flexibility index (Phi) is 4.56. The predicted molar refractivity (Wildman–Crippen MR) is 83.0 cm³/mol. The van der Waals surface area contributed by atoms with Gasteiger partial charge in [-0.3, -0.25) is 9.59 Å². The van der Waals surface area contributed by atoms with Crippen LogP contribution in [0.1, 0.15) is 22.8 Å². The highest BCUT2D eigenvalue weighted by Crippen LogP contribution is 2.13. The van der Waals surface area contributed by atoms with Crippen molar-refractivity contribution in [2.45, 2.75) is 13.5 Å². The van der Waals surface area contributed by atoms with Crippen molar-refractivity contribution in [1.29, 1.82) is 0 Å². The van der Waals surface area contributed by atoms with Crippen molar-refractivity contribution in [3.63, 3.8) is 0 Å². The molecule has 0 aromatic heterocycles. The van der Waals surface area contributed by atoms with Crippen LogP contribution in [0.3, 0.4) is 0 Å². The first-order chi connectivity index (χ1) is 10.0. The molecule has 0 atom stereocenters. The van der Waals surface area contributed by atoms with Crippen LogP contribution < -0.4 is 16.4 Å². The lowest BCUT2D eigenvalue weighted by molar-refractivity contribution is -0.114. The number of anilines is 2. The molecule has 0 unspecified atom stereocenters. The van der Waals surface area contributed by atoms with Gasteiger partial charge in [-0.1, -0.05) is 12.1 Å². The molecule has 5 heteroatoms. The fraction of sp³-hybridized carbons (Fsp3) is 0.125. The first-order valence-electron chi connectivity index (χ1n) is 6.55. The summed E-state index contributed by atoms with van der Waals surface area (Å²) in [5, 5.41) is 5.97. The molecule has 2 aromatic carbocycles. The summed E-state index contributed by atoms with van der Waals surface area (Å²) in [6.07, 6.45) is 0. The highest BCUT2D eigenvalue weighted by Gasteiger charge is 2.00. The van der Waals surface area contributed by atoms with E-state index in [4.69, 9.17) is 5.73 Å². The van der Waals surface area contributed by atoms with Crippen molar-refractivity contribution in [3.8, 4) is 0 Å². The second-order valence-electron chi connectivity index (χ2n) is 4.67. The summed E-state index contributed by atoms with van der Waals surface area (Å²) in [6.45, 7) is 2.13. The van der Waals surface area contributed by atoms with Crippen LogP contribution in [0.4, 0.5) is 11.4 Å². The molecule has 5 nitrogen and oxygen atoms in total. The number of nitrogens with one attached hydrogen (secondary N) is 2. The summed E-state index contributed by atoms with van der Waals surface area (Å²) in [5.74, 6) is -0.523. The second-order valence-corrected chi connectivity index (χ2v) is 4.67. The van der Waals surface area contributed by atoms with Crippen molar-refractivity contribution in [2.24, 2.45) is 5.73 Å². The summed E-state index contributed by atoms with van der Waals surface area (Å²) in [6, 6.07) is 14.6. The lowest BCUT2D eigenvalue weighted by Gasteiger charge is -2.08. The van der Waals surface area contributed by atoms with E-state index >= 15 is 0 Å². The number of hydrogen-bond acceptors (Lipinski definition) is 3. The van der Waals surface area contributed by atoms with Gasteiger partial charge in [0.2, 0.25) is 11.8 Å². The van der Waals surface area contributed by atoms with Crippen molar-refractivity contribution in [1.82, 2.24) is 0 Å². The first kappa shape index (κ1) is 14.6. The van der Waals surface area contributed by atoms with Crippen molar-refractivity contribution in [3.05, 3.63) is 59.7 Å². The van der Waals surface area contributed by atoms with Gasteiger partial charge in [-0.2, -0.15) is 0 Å². The van der Waals surface area contributed by atoms with E-state index in [1.807, 2.05) is 36.4 Å². The van der Waals surface area contributed by atoms with Crippen LogP contribution >= 0.6 is 0 Å². The van der Waals surface area contributed by atoms with Crippen LogP contribution in [-0.2, 0) is 11.3 Å². The molecule has 0 heterocycles. The van der Waals surface area contributed by atoms with E-state index in [-0.39, 0.29) is 5.91 Å². The molecular formula is C16H17N3O2. The van der Waals surface area contributed by atoms with Crippen LogP contribution in [0.25, 0.3) is 0 Å². The second kappa shape index (κ2) is 6.56. The van der Waals surface area contributed by atoms with Crippen LogP contribution in [0.15, 0.2) is 48.5 Å². The summed E-state index contributed by atoms with van der Waals surface area (Å²) in [5.41, 5.74) is 8.44. The van der Waals surface area contributed by atoms with Gasteiger partial charge in [0.15, 0.2) is 0 Å². The van der Waals surface area contributed by atoms with E-state index in [0.717, 1.165) is 16.9 Å². The van der Waals surface area contributed by atoms with Gasteiger partial charge >= 0.3 is 0 Å². The number of hydrogen-bond donors (Lipinski definition) is 3. The topological polar surface area (TPSA) is 84.2 Å². The quantitative estimate of drug-likeness (QED) is 0.787. The molecule has 4 N–H and O–H groups in total. The Bertz CT molecular complexity index is 634. The third-order valence-electron chi connectivity index (χ3n) is 2.94. The van der Waals surface area contributed by atoms with E-state index in [9.17, 15) is 9.59 Å². The molecule has 0 saturated heterocycles. The maximum absolute atomic E-state index is 11.0. The molecule has 0 spiro atoms. The Labute approximate surface area is 123 Å². The van der Waals surface area contributed by atoms with E-state index in [1.54, 1.807) is 12.1 Å². The lowest BCUT2D eigenvalue weighted by atomic mass is 10.1. The molecule has 2 aromatic rings. The maximum atomic E-state index is 11.0. The average Bonchev–Trinajstić information content (AvgIpc) is 2.46. The highest BCUT2D eigenvalue weighted by atomic mass is 16.1. The smallest absolute Gasteiger partial charge is 0.248 e. The molecule has 0 fully saturated rings. The molecule has 0 radical (unpaired) electrons. The zero-order chi connectivity index (χ0) is 15.2. The molecule has 21 heavy (non-hydrogen) atoms. The summed E-state index contributed by atoms with van der Waals surface area (Å²) in [7, 11) is 0. The Morgan fingerprint density at radius 1 is 0.952 bits per heavy atom. The van der Waals surface area contributed by atoms with Crippen LogP contribution in [0.5, 0.6) is 0 Å². The summed E-state index contributed by atoms with van der Waals surface area (Å²) < 4.78 is 0. The third kappa shape index (κ3) is 4.35. The minimum absolute atomic E-state index is 0.0876. The van der Waals surface area contributed by atoms with E-state index in [2.05, 4.69) is 10.6 Å². The van der Waals surface area contributed by atoms with Gasteiger partial charge in [0, 0.05) is 30.4 Å². The fourth-order valence-corrected chi connectivity index (χ4v) is 1.87. The molecular weight excluding hydrogens is 266 g/mol. The van der Waals surface area contributed by atoms with Crippen molar-refractivity contribution < 1.29 is 9.59 Å². The van der Waals surface area contributed by atoms with Gasteiger partial charge in [-0.25, -0.2) is 0 Å². The standard InChI is InChI=1S/C16H17N3O2/c1-11(20)19-15-6-2-12(3-7-15)10-18-14-8-4-13(5-9-14)16(17)21/h2-9,18H,10H2,1H3,(H2,17,21)(H,19,20). The van der Waals surface area contributed by atoms with Crippen molar-refractivity contribution in [2.75, 3.05) is 10.6 Å². The number of amides is 2. The zero-order valence-electron chi connectivity index (χ0n) is 11.7. The Morgan fingerprint density at radius 2 is 1.52 bits per heavy atom. The zero-order valence-corrected chi connectivity index (χ0v) is 11.7. The number of benzene rings is 2. The Morgan fingerprint density at radius 3 is 2.05 bits per heavy atom. The van der Waals surface area contributed by atoms with E-state index < -0.39 is 5.91 Å². The molecule has 0 saturated carbocycles. The molecule has 108 valence electrons.